The number of fused-ring (bicyclic) bond motifs is 9. The third kappa shape index (κ3) is 6.25. The van der Waals surface area contributed by atoms with Crippen molar-refractivity contribution in [2.45, 2.75) is 19.3 Å². The van der Waals surface area contributed by atoms with Gasteiger partial charge in [-0.1, -0.05) is 196 Å². The molecule has 0 unspecified atom stereocenters. The lowest BCUT2D eigenvalue weighted by molar-refractivity contribution is 0.660. The molecule has 1 aliphatic carbocycles. The van der Waals surface area contributed by atoms with Crippen molar-refractivity contribution in [3.63, 3.8) is 0 Å². The van der Waals surface area contributed by atoms with Crippen molar-refractivity contribution in [2.75, 3.05) is 4.90 Å². The highest BCUT2D eigenvalue weighted by Crippen LogP contribution is 2.52. The van der Waals surface area contributed by atoms with Gasteiger partial charge in [-0.25, -0.2) is 0 Å². The maximum atomic E-state index is 2.40. The normalized spacial score (nSPS) is 12.7. The maximum absolute atomic E-state index is 2.40. The van der Waals surface area contributed by atoms with E-state index in [1.807, 2.05) is 0 Å². The molecule has 2 heteroatoms. The summed E-state index contributed by atoms with van der Waals surface area (Å²) in [6, 6.07) is 89.4. The van der Waals surface area contributed by atoms with Crippen molar-refractivity contribution in [1.82, 2.24) is 4.57 Å². The summed E-state index contributed by atoms with van der Waals surface area (Å²) >= 11 is 0. The van der Waals surface area contributed by atoms with Gasteiger partial charge in [-0.3, -0.25) is 0 Å². The Morgan fingerprint density at radius 3 is 1.76 bits per heavy atom. The molecule has 1 aliphatic rings. The van der Waals surface area contributed by atoms with Crippen molar-refractivity contribution in [2.24, 2.45) is 0 Å². The molecule has 0 atom stereocenters. The van der Waals surface area contributed by atoms with Gasteiger partial charge in [0, 0.05) is 38.9 Å². The zero-order valence-electron chi connectivity index (χ0n) is 37.5. The van der Waals surface area contributed by atoms with Gasteiger partial charge in [0.1, 0.15) is 0 Å². The summed E-state index contributed by atoms with van der Waals surface area (Å²) in [5.41, 5.74) is 19.5. The second kappa shape index (κ2) is 15.3. The van der Waals surface area contributed by atoms with E-state index in [4.69, 9.17) is 0 Å². The van der Waals surface area contributed by atoms with Crippen LogP contribution in [0.1, 0.15) is 25.0 Å². The van der Waals surface area contributed by atoms with E-state index in [1.165, 1.54) is 99.0 Å². The van der Waals surface area contributed by atoms with E-state index in [0.717, 1.165) is 22.7 Å². The molecule has 2 nitrogen and oxygen atoms in total. The second-order valence-electron chi connectivity index (χ2n) is 18.5. The highest BCUT2D eigenvalue weighted by atomic mass is 15.1. The van der Waals surface area contributed by atoms with Crippen LogP contribution in [0.2, 0.25) is 0 Å². The van der Waals surface area contributed by atoms with E-state index in [0.29, 0.717) is 0 Å². The van der Waals surface area contributed by atoms with E-state index in [9.17, 15) is 0 Å². The topological polar surface area (TPSA) is 8.17 Å². The van der Waals surface area contributed by atoms with E-state index in [1.54, 1.807) is 0 Å². The first-order valence-corrected chi connectivity index (χ1v) is 23.3. The molecule has 0 bridgehead atoms. The Kier molecular flexibility index (Phi) is 8.91. The zero-order chi connectivity index (χ0) is 44.6. The smallest absolute Gasteiger partial charge is 0.0547 e. The Labute approximate surface area is 391 Å². The minimum absolute atomic E-state index is 0.0564. The molecule has 316 valence electrons. The van der Waals surface area contributed by atoms with Gasteiger partial charge >= 0.3 is 0 Å². The fourth-order valence-corrected chi connectivity index (χ4v) is 11.1. The lowest BCUT2D eigenvalue weighted by atomic mass is 9.82. The molecule has 0 saturated carbocycles. The van der Waals surface area contributed by atoms with Gasteiger partial charge in [0.2, 0.25) is 0 Å². The van der Waals surface area contributed by atoms with Gasteiger partial charge < -0.3 is 9.47 Å². The van der Waals surface area contributed by atoms with Gasteiger partial charge in [-0.2, -0.15) is 0 Å². The SMILES string of the molecule is CC1(C)c2ccccc2-c2c(-c3ccc(N(c4ccc(-c5ccc6c7ccccc7n(-c7ccccc7)c6c5)cc4)c4cccc(-c5cccc6c5ccc5ccccc56)c4)cc3)cccc21. The quantitative estimate of drug-likeness (QED) is 0.145. The van der Waals surface area contributed by atoms with Gasteiger partial charge in [-0.05, 0) is 138 Å². The third-order valence-electron chi connectivity index (χ3n) is 14.4. The van der Waals surface area contributed by atoms with Crippen LogP contribution in [0.15, 0.2) is 243 Å². The predicted octanol–water partition coefficient (Wildman–Crippen LogP) is 17.9. The Morgan fingerprint density at radius 2 is 0.925 bits per heavy atom. The second-order valence-corrected chi connectivity index (χ2v) is 18.5. The lowest BCUT2D eigenvalue weighted by Crippen LogP contribution is -2.14. The first-order valence-electron chi connectivity index (χ1n) is 23.3. The first-order chi connectivity index (χ1) is 33.0. The fourth-order valence-electron chi connectivity index (χ4n) is 11.1. The predicted molar refractivity (Wildman–Crippen MR) is 284 cm³/mol. The molecule has 0 radical (unpaired) electrons. The molecule has 67 heavy (non-hydrogen) atoms. The molecular formula is C65H46N2. The summed E-state index contributed by atoms with van der Waals surface area (Å²) in [4.78, 5) is 2.40. The van der Waals surface area contributed by atoms with Crippen molar-refractivity contribution in [3.8, 4) is 50.2 Å². The number of benzene rings is 11. The highest BCUT2D eigenvalue weighted by molar-refractivity contribution is 6.12. The molecule has 1 aromatic heterocycles. The Bertz CT molecular complexity index is 3870. The third-order valence-corrected chi connectivity index (χ3v) is 14.4. The highest BCUT2D eigenvalue weighted by Gasteiger charge is 2.36. The van der Waals surface area contributed by atoms with E-state index in [-0.39, 0.29) is 5.41 Å². The first kappa shape index (κ1) is 39.0. The molecule has 0 N–H and O–H groups in total. The lowest BCUT2D eigenvalue weighted by Gasteiger charge is -2.27. The number of hydrogen-bond acceptors (Lipinski definition) is 1. The van der Waals surface area contributed by atoms with Crippen LogP contribution < -0.4 is 4.90 Å². The summed E-state index contributed by atoms with van der Waals surface area (Å²) in [5, 5.41) is 7.56. The van der Waals surface area contributed by atoms with Gasteiger partial charge in [-0.15, -0.1) is 0 Å². The molecule has 0 fully saturated rings. The Hall–Kier alpha value is -8.46. The van der Waals surface area contributed by atoms with Crippen molar-refractivity contribution in [3.05, 3.63) is 254 Å². The van der Waals surface area contributed by atoms with Crippen molar-refractivity contribution >= 4 is 60.4 Å². The summed E-state index contributed by atoms with van der Waals surface area (Å²) < 4.78 is 2.39. The monoisotopic (exact) mass is 854 g/mol. The summed E-state index contributed by atoms with van der Waals surface area (Å²) in [6.45, 7) is 4.70. The van der Waals surface area contributed by atoms with Crippen LogP contribution in [-0.2, 0) is 5.41 Å². The minimum atomic E-state index is -0.0564. The standard InChI is InChI=1S/C65H46N2/c1-65(2)60-26-10-8-22-59(60)64-54(24-14-27-61(64)65)45-31-37-50(38-32-45)66(51-19-12-16-47(41-51)53-23-13-25-55-52-20-7-6-15-44(52)33-39-56(53)55)49-35-29-43(30-36-49)46-34-40-58-57-21-9-11-28-62(57)67(63(58)42-46)48-17-4-3-5-18-48/h3-42H,1-2H3. The molecule has 12 aromatic rings. The number of para-hydroxylation sites is 2. The molecule has 0 spiro atoms. The number of rotatable bonds is 7. The number of anilines is 3. The Balaban J connectivity index is 0.932. The average molecular weight is 855 g/mol. The molecule has 1 heterocycles. The number of aromatic nitrogens is 1. The van der Waals surface area contributed by atoms with E-state index >= 15 is 0 Å². The van der Waals surface area contributed by atoms with Crippen LogP contribution >= 0.6 is 0 Å². The molecule has 11 aromatic carbocycles. The average Bonchev–Trinajstić information content (AvgIpc) is 3.84. The number of nitrogens with zero attached hydrogens (tertiary/aromatic N) is 2. The summed E-state index contributed by atoms with van der Waals surface area (Å²) in [6.07, 6.45) is 0. The summed E-state index contributed by atoms with van der Waals surface area (Å²) in [7, 11) is 0. The van der Waals surface area contributed by atoms with Gasteiger partial charge in [0.05, 0.1) is 11.0 Å². The van der Waals surface area contributed by atoms with E-state index in [2.05, 4.69) is 266 Å². The molecule has 13 rings (SSSR count). The summed E-state index contributed by atoms with van der Waals surface area (Å²) in [5.74, 6) is 0. The molecule has 0 amide bonds. The van der Waals surface area contributed by atoms with E-state index < -0.39 is 0 Å². The van der Waals surface area contributed by atoms with Crippen LogP contribution in [0.25, 0.3) is 93.5 Å². The van der Waals surface area contributed by atoms with Crippen LogP contribution in [0, 0.1) is 0 Å². The molecular weight excluding hydrogens is 809 g/mol. The molecule has 0 aliphatic heterocycles. The fraction of sp³-hybridized carbons (Fsp3) is 0.0462. The van der Waals surface area contributed by atoms with Gasteiger partial charge in [0.15, 0.2) is 0 Å². The van der Waals surface area contributed by atoms with Crippen LogP contribution in [0.4, 0.5) is 17.1 Å². The van der Waals surface area contributed by atoms with Crippen LogP contribution in [0.3, 0.4) is 0 Å². The number of hydrogen-bond donors (Lipinski definition) is 0. The van der Waals surface area contributed by atoms with Crippen molar-refractivity contribution < 1.29 is 0 Å². The van der Waals surface area contributed by atoms with Crippen molar-refractivity contribution in [1.29, 1.82) is 0 Å². The minimum Gasteiger partial charge on any atom is -0.310 e. The molecule has 0 saturated heterocycles. The van der Waals surface area contributed by atoms with Gasteiger partial charge in [0.25, 0.3) is 0 Å². The maximum Gasteiger partial charge on any atom is 0.0547 e. The van der Waals surface area contributed by atoms with Crippen LogP contribution in [0.5, 0.6) is 0 Å². The Morgan fingerprint density at radius 1 is 0.328 bits per heavy atom. The zero-order valence-corrected chi connectivity index (χ0v) is 37.5. The van der Waals surface area contributed by atoms with Crippen LogP contribution in [-0.4, -0.2) is 4.57 Å². The largest absolute Gasteiger partial charge is 0.310 e.